The van der Waals surface area contributed by atoms with Gasteiger partial charge in [0.25, 0.3) is 0 Å². The van der Waals surface area contributed by atoms with Crippen molar-refractivity contribution in [3.8, 4) is 0 Å². The molecule has 1 amide bonds. The zero-order valence-corrected chi connectivity index (χ0v) is 20.0. The molecule has 166 valence electrons. The number of fused-ring (bicyclic) bond motifs is 1. The third-order valence-electron chi connectivity index (χ3n) is 6.35. The summed E-state index contributed by atoms with van der Waals surface area (Å²) >= 11 is 1.63. The summed E-state index contributed by atoms with van der Waals surface area (Å²) in [4.78, 5) is 19.7. The number of furan rings is 1. The first-order valence-electron chi connectivity index (χ1n) is 11.1. The number of piperidine rings is 1. The summed E-state index contributed by atoms with van der Waals surface area (Å²) < 4.78 is 6.17. The summed E-state index contributed by atoms with van der Waals surface area (Å²) in [6.07, 6.45) is 3.90. The Labute approximate surface area is 188 Å². The third kappa shape index (κ3) is 4.85. The second-order valence-electron chi connectivity index (χ2n) is 9.83. The molecule has 1 saturated heterocycles. The number of thiazole rings is 1. The molecule has 0 aliphatic carbocycles. The SMILES string of the molecule is Cc1ccc2oc(CN3CCC([C@H](NC(=O)C(C)(C)C)c4nccs4)CC3)c(C)c2c1. The lowest BCUT2D eigenvalue weighted by Crippen LogP contribution is -2.43. The maximum absolute atomic E-state index is 12.7. The van der Waals surface area contributed by atoms with Crippen molar-refractivity contribution in [2.75, 3.05) is 13.1 Å². The third-order valence-corrected chi connectivity index (χ3v) is 7.21. The number of hydrogen-bond donors (Lipinski definition) is 1. The highest BCUT2D eigenvalue weighted by Crippen LogP contribution is 2.34. The van der Waals surface area contributed by atoms with Crippen molar-refractivity contribution < 1.29 is 9.21 Å². The Kier molecular flexibility index (Phi) is 6.22. The van der Waals surface area contributed by atoms with E-state index in [0.29, 0.717) is 5.92 Å². The molecule has 4 rings (SSSR count). The fraction of sp³-hybridized carbons (Fsp3) is 0.520. The number of nitrogens with one attached hydrogen (secondary N) is 1. The second-order valence-corrected chi connectivity index (χ2v) is 10.8. The average Bonchev–Trinajstić information content (AvgIpc) is 3.35. The van der Waals surface area contributed by atoms with Crippen LogP contribution in [0.5, 0.6) is 0 Å². The van der Waals surface area contributed by atoms with Gasteiger partial charge in [0.05, 0.1) is 12.6 Å². The first kappa shape index (κ1) is 22.0. The molecule has 3 aromatic rings. The van der Waals surface area contributed by atoms with E-state index in [4.69, 9.17) is 4.42 Å². The van der Waals surface area contributed by atoms with E-state index in [1.165, 1.54) is 16.5 Å². The van der Waals surface area contributed by atoms with Crippen LogP contribution in [0.2, 0.25) is 0 Å². The lowest BCUT2D eigenvalue weighted by atomic mass is 9.87. The van der Waals surface area contributed by atoms with Gasteiger partial charge in [0.1, 0.15) is 16.4 Å². The number of rotatable bonds is 5. The second kappa shape index (κ2) is 8.75. The molecule has 1 aliphatic heterocycles. The van der Waals surface area contributed by atoms with Gasteiger partial charge in [0, 0.05) is 22.4 Å². The van der Waals surface area contributed by atoms with Crippen LogP contribution in [0.4, 0.5) is 0 Å². The Morgan fingerprint density at radius 3 is 2.68 bits per heavy atom. The van der Waals surface area contributed by atoms with Gasteiger partial charge in [-0.05, 0) is 63.4 Å². The minimum atomic E-state index is -0.409. The predicted octanol–water partition coefficient (Wildman–Crippen LogP) is 5.62. The Bertz CT molecular complexity index is 1040. The highest BCUT2D eigenvalue weighted by Gasteiger charge is 2.33. The van der Waals surface area contributed by atoms with Gasteiger partial charge in [0.15, 0.2) is 0 Å². The predicted molar refractivity (Wildman–Crippen MR) is 126 cm³/mol. The fourth-order valence-electron chi connectivity index (χ4n) is 4.31. The van der Waals surface area contributed by atoms with Gasteiger partial charge in [-0.25, -0.2) is 4.98 Å². The lowest BCUT2D eigenvalue weighted by molar-refractivity contribution is -0.129. The Balaban J connectivity index is 1.43. The minimum Gasteiger partial charge on any atom is -0.459 e. The van der Waals surface area contributed by atoms with Crippen LogP contribution in [-0.4, -0.2) is 28.9 Å². The van der Waals surface area contributed by atoms with E-state index in [9.17, 15) is 4.79 Å². The van der Waals surface area contributed by atoms with E-state index in [0.717, 1.165) is 48.8 Å². The van der Waals surface area contributed by atoms with Crippen LogP contribution < -0.4 is 5.32 Å². The zero-order valence-electron chi connectivity index (χ0n) is 19.2. The summed E-state index contributed by atoms with van der Waals surface area (Å²) in [5.41, 5.74) is 3.07. The van der Waals surface area contributed by atoms with Gasteiger partial charge in [-0.1, -0.05) is 32.4 Å². The lowest BCUT2D eigenvalue weighted by Gasteiger charge is -2.36. The number of carbonyl (C=O) groups excluding carboxylic acids is 1. The number of amides is 1. The smallest absolute Gasteiger partial charge is 0.225 e. The molecule has 5 nitrogen and oxygen atoms in total. The molecule has 0 saturated carbocycles. The summed E-state index contributed by atoms with van der Waals surface area (Å²) in [6, 6.07) is 6.37. The van der Waals surface area contributed by atoms with Crippen molar-refractivity contribution in [2.24, 2.45) is 11.3 Å². The monoisotopic (exact) mass is 439 g/mol. The Morgan fingerprint density at radius 2 is 2.03 bits per heavy atom. The largest absolute Gasteiger partial charge is 0.459 e. The molecule has 1 fully saturated rings. The zero-order chi connectivity index (χ0) is 22.2. The van der Waals surface area contributed by atoms with E-state index in [1.807, 2.05) is 32.3 Å². The molecule has 6 heteroatoms. The number of nitrogens with zero attached hydrogens (tertiary/aromatic N) is 2. The molecule has 1 aliphatic rings. The van der Waals surface area contributed by atoms with Crippen LogP contribution in [0, 0.1) is 25.2 Å². The van der Waals surface area contributed by atoms with Gasteiger partial charge in [-0.2, -0.15) is 0 Å². The van der Waals surface area contributed by atoms with E-state index >= 15 is 0 Å². The molecule has 1 N–H and O–H groups in total. The number of aryl methyl sites for hydroxylation is 2. The van der Waals surface area contributed by atoms with Crippen LogP contribution in [0.3, 0.4) is 0 Å². The van der Waals surface area contributed by atoms with Crippen LogP contribution in [0.15, 0.2) is 34.2 Å². The highest BCUT2D eigenvalue weighted by atomic mass is 32.1. The summed E-state index contributed by atoms with van der Waals surface area (Å²) in [6.45, 7) is 13.0. The fourth-order valence-corrected chi connectivity index (χ4v) is 5.09. The van der Waals surface area contributed by atoms with Crippen LogP contribution in [0.1, 0.15) is 61.5 Å². The van der Waals surface area contributed by atoms with Gasteiger partial charge in [-0.15, -0.1) is 11.3 Å². The molecular weight excluding hydrogens is 406 g/mol. The average molecular weight is 440 g/mol. The number of likely N-dealkylation sites (tertiary alicyclic amines) is 1. The topological polar surface area (TPSA) is 58.4 Å². The van der Waals surface area contributed by atoms with Gasteiger partial charge in [0.2, 0.25) is 5.91 Å². The highest BCUT2D eigenvalue weighted by molar-refractivity contribution is 7.09. The molecule has 0 spiro atoms. The Morgan fingerprint density at radius 1 is 1.29 bits per heavy atom. The number of benzene rings is 1. The summed E-state index contributed by atoms with van der Waals surface area (Å²) in [7, 11) is 0. The maximum Gasteiger partial charge on any atom is 0.225 e. The van der Waals surface area contributed by atoms with Crippen LogP contribution >= 0.6 is 11.3 Å². The number of aromatic nitrogens is 1. The van der Waals surface area contributed by atoms with Crippen LogP contribution in [-0.2, 0) is 11.3 Å². The molecule has 0 bridgehead atoms. The summed E-state index contributed by atoms with van der Waals surface area (Å²) in [5, 5.41) is 7.52. The quantitative estimate of drug-likeness (QED) is 0.560. The number of hydrogen-bond acceptors (Lipinski definition) is 5. The standard InChI is InChI=1S/C25H33N3O2S/c1-16-6-7-20-19(14-16)17(2)21(30-20)15-28-11-8-18(9-12-28)22(23-26-10-13-31-23)27-24(29)25(3,4)5/h6-7,10,13-14,18,22H,8-9,11-12,15H2,1-5H3,(H,27,29)/t22-/m0/s1. The first-order valence-corrected chi connectivity index (χ1v) is 12.0. The van der Waals surface area contributed by atoms with E-state index in [1.54, 1.807) is 11.3 Å². The molecule has 3 heterocycles. The van der Waals surface area contributed by atoms with Crippen molar-refractivity contribution >= 4 is 28.2 Å². The van der Waals surface area contributed by atoms with Crippen molar-refractivity contribution in [1.82, 2.24) is 15.2 Å². The van der Waals surface area contributed by atoms with E-state index < -0.39 is 5.41 Å². The van der Waals surface area contributed by atoms with Crippen LogP contribution in [0.25, 0.3) is 11.0 Å². The molecule has 2 aromatic heterocycles. The molecular formula is C25H33N3O2S. The van der Waals surface area contributed by atoms with Crippen molar-refractivity contribution in [2.45, 2.75) is 60.0 Å². The molecule has 0 radical (unpaired) electrons. The first-order chi connectivity index (χ1) is 14.7. The maximum atomic E-state index is 12.7. The normalized spacial score (nSPS) is 17.2. The van der Waals surface area contributed by atoms with Crippen molar-refractivity contribution in [3.63, 3.8) is 0 Å². The van der Waals surface area contributed by atoms with Gasteiger partial charge < -0.3 is 9.73 Å². The Hall–Kier alpha value is -2.18. The molecule has 0 unspecified atom stereocenters. The van der Waals surface area contributed by atoms with E-state index in [-0.39, 0.29) is 11.9 Å². The van der Waals surface area contributed by atoms with Crippen molar-refractivity contribution in [3.05, 3.63) is 51.7 Å². The van der Waals surface area contributed by atoms with Crippen molar-refractivity contribution in [1.29, 1.82) is 0 Å². The summed E-state index contributed by atoms with van der Waals surface area (Å²) in [5.74, 6) is 1.55. The van der Waals surface area contributed by atoms with Gasteiger partial charge in [-0.3, -0.25) is 9.69 Å². The van der Waals surface area contributed by atoms with E-state index in [2.05, 4.69) is 47.2 Å². The minimum absolute atomic E-state index is 0.00946. The molecule has 31 heavy (non-hydrogen) atoms. The molecule has 1 atom stereocenters. The number of carbonyl (C=O) groups is 1. The molecule has 1 aromatic carbocycles. The van der Waals surface area contributed by atoms with Gasteiger partial charge >= 0.3 is 0 Å².